The van der Waals surface area contributed by atoms with Crippen LogP contribution >= 0.6 is 23.2 Å². The van der Waals surface area contributed by atoms with E-state index in [1.54, 1.807) is 21.3 Å². The Bertz CT molecular complexity index is 757. The Balaban J connectivity index is 1.73. The fourth-order valence-corrected chi connectivity index (χ4v) is 3.81. The van der Waals surface area contributed by atoms with Gasteiger partial charge in [-0.3, -0.25) is 4.90 Å². The summed E-state index contributed by atoms with van der Waals surface area (Å²) in [6, 6.07) is 9.95. The number of likely N-dealkylation sites (tertiary alicyclic amines) is 1. The largest absolute Gasteiger partial charge is 0.493 e. The second kappa shape index (κ2) is 8.38. The van der Waals surface area contributed by atoms with Gasteiger partial charge in [0.15, 0.2) is 11.5 Å². The molecule has 1 heterocycles. The van der Waals surface area contributed by atoms with Crippen LogP contribution in [0.25, 0.3) is 0 Å². The third-order valence-electron chi connectivity index (χ3n) is 4.82. The number of halogens is 2. The van der Waals surface area contributed by atoms with E-state index in [0.717, 1.165) is 31.6 Å². The molecule has 140 valence electrons. The maximum atomic E-state index is 6.17. The van der Waals surface area contributed by atoms with Crippen molar-refractivity contribution < 1.29 is 14.2 Å². The second-order valence-electron chi connectivity index (χ2n) is 6.43. The average Bonchev–Trinajstić information content (AvgIpc) is 3.11. The Morgan fingerprint density at radius 3 is 2.23 bits per heavy atom. The third-order valence-corrected chi connectivity index (χ3v) is 5.56. The molecule has 0 N–H and O–H groups in total. The normalized spacial score (nSPS) is 17.3. The summed E-state index contributed by atoms with van der Waals surface area (Å²) in [6.07, 6.45) is 1.10. The highest BCUT2D eigenvalue weighted by molar-refractivity contribution is 6.42. The van der Waals surface area contributed by atoms with Gasteiger partial charge in [0.1, 0.15) is 0 Å². The molecule has 1 saturated heterocycles. The van der Waals surface area contributed by atoms with E-state index < -0.39 is 0 Å². The Morgan fingerprint density at radius 2 is 1.65 bits per heavy atom. The van der Waals surface area contributed by atoms with Crippen LogP contribution in [0.2, 0.25) is 10.0 Å². The Labute approximate surface area is 164 Å². The van der Waals surface area contributed by atoms with Gasteiger partial charge in [-0.15, -0.1) is 0 Å². The number of rotatable bonds is 6. The number of ether oxygens (including phenoxy) is 3. The van der Waals surface area contributed by atoms with Crippen molar-refractivity contribution in [2.45, 2.75) is 18.9 Å². The highest BCUT2D eigenvalue weighted by atomic mass is 35.5. The van der Waals surface area contributed by atoms with Crippen LogP contribution in [-0.4, -0.2) is 39.3 Å². The van der Waals surface area contributed by atoms with Crippen molar-refractivity contribution in [3.8, 4) is 17.2 Å². The minimum atomic E-state index is 0.465. The number of nitrogens with zero attached hydrogens (tertiary/aromatic N) is 1. The van der Waals surface area contributed by atoms with Crippen LogP contribution in [0.3, 0.4) is 0 Å². The van der Waals surface area contributed by atoms with Crippen molar-refractivity contribution in [2.75, 3.05) is 34.4 Å². The molecule has 0 aliphatic carbocycles. The second-order valence-corrected chi connectivity index (χ2v) is 7.24. The molecule has 26 heavy (non-hydrogen) atoms. The molecule has 3 rings (SSSR count). The topological polar surface area (TPSA) is 30.9 Å². The Morgan fingerprint density at radius 1 is 0.962 bits per heavy atom. The standard InChI is InChI=1S/C20H23Cl2NO3/c1-24-18-8-13(9-19(25-2)20(18)26-3)11-23-7-6-15(12-23)14-4-5-16(21)17(22)10-14/h4-5,8-10,15H,6-7,11-12H2,1-3H3. The van der Waals surface area contributed by atoms with E-state index >= 15 is 0 Å². The first-order valence-corrected chi connectivity index (χ1v) is 9.27. The van der Waals surface area contributed by atoms with Crippen molar-refractivity contribution in [1.82, 2.24) is 4.90 Å². The molecule has 1 fully saturated rings. The van der Waals surface area contributed by atoms with Crippen LogP contribution < -0.4 is 14.2 Å². The van der Waals surface area contributed by atoms with Crippen LogP contribution in [0.1, 0.15) is 23.5 Å². The smallest absolute Gasteiger partial charge is 0.203 e. The van der Waals surface area contributed by atoms with Gasteiger partial charge in [0.2, 0.25) is 5.75 Å². The molecular weight excluding hydrogens is 373 g/mol. The number of benzene rings is 2. The summed E-state index contributed by atoms with van der Waals surface area (Å²) in [5, 5.41) is 1.22. The van der Waals surface area contributed by atoms with Crippen molar-refractivity contribution >= 4 is 23.2 Å². The highest BCUT2D eigenvalue weighted by Gasteiger charge is 2.25. The van der Waals surface area contributed by atoms with Crippen LogP contribution in [0, 0.1) is 0 Å². The van der Waals surface area contributed by atoms with E-state index in [-0.39, 0.29) is 0 Å². The van der Waals surface area contributed by atoms with Crippen molar-refractivity contribution in [3.63, 3.8) is 0 Å². The zero-order valence-corrected chi connectivity index (χ0v) is 16.7. The molecule has 0 aromatic heterocycles. The van der Waals surface area contributed by atoms with Crippen LogP contribution in [0.5, 0.6) is 17.2 Å². The summed E-state index contributed by atoms with van der Waals surface area (Å²) in [5.74, 6) is 2.45. The van der Waals surface area contributed by atoms with Crippen LogP contribution in [0.4, 0.5) is 0 Å². The molecule has 0 spiro atoms. The molecule has 0 bridgehead atoms. The Hall–Kier alpha value is -1.62. The van der Waals surface area contributed by atoms with E-state index in [1.807, 2.05) is 24.3 Å². The van der Waals surface area contributed by atoms with Gasteiger partial charge < -0.3 is 14.2 Å². The molecule has 2 aromatic rings. The zero-order valence-electron chi connectivity index (χ0n) is 15.2. The minimum absolute atomic E-state index is 0.465. The zero-order chi connectivity index (χ0) is 18.7. The summed E-state index contributed by atoms with van der Waals surface area (Å²) in [7, 11) is 4.89. The van der Waals surface area contributed by atoms with Gasteiger partial charge in [0.25, 0.3) is 0 Å². The van der Waals surface area contributed by atoms with E-state index in [4.69, 9.17) is 37.4 Å². The molecule has 1 aliphatic rings. The van der Waals surface area contributed by atoms with Gasteiger partial charge in [0.05, 0.1) is 31.4 Å². The number of hydrogen-bond donors (Lipinski definition) is 0. The van der Waals surface area contributed by atoms with Gasteiger partial charge in [0, 0.05) is 13.1 Å². The fourth-order valence-electron chi connectivity index (χ4n) is 3.50. The number of hydrogen-bond acceptors (Lipinski definition) is 4. The molecule has 4 nitrogen and oxygen atoms in total. The maximum absolute atomic E-state index is 6.17. The van der Waals surface area contributed by atoms with Crippen molar-refractivity contribution in [3.05, 3.63) is 51.5 Å². The van der Waals surface area contributed by atoms with Gasteiger partial charge in [-0.1, -0.05) is 29.3 Å². The monoisotopic (exact) mass is 395 g/mol. The SMILES string of the molecule is COc1cc(CN2CCC(c3ccc(Cl)c(Cl)c3)C2)cc(OC)c1OC. The first-order valence-electron chi connectivity index (χ1n) is 8.52. The lowest BCUT2D eigenvalue weighted by atomic mass is 9.99. The molecular formula is C20H23Cl2NO3. The fraction of sp³-hybridized carbons (Fsp3) is 0.400. The lowest BCUT2D eigenvalue weighted by Crippen LogP contribution is -2.19. The molecule has 0 radical (unpaired) electrons. The summed E-state index contributed by atoms with van der Waals surface area (Å²) < 4.78 is 16.3. The maximum Gasteiger partial charge on any atom is 0.203 e. The lowest BCUT2D eigenvalue weighted by Gasteiger charge is -2.19. The summed E-state index contributed by atoms with van der Waals surface area (Å²) in [5.41, 5.74) is 2.38. The summed E-state index contributed by atoms with van der Waals surface area (Å²) in [4.78, 5) is 2.42. The van der Waals surface area contributed by atoms with E-state index in [0.29, 0.717) is 33.2 Å². The summed E-state index contributed by atoms with van der Waals surface area (Å²) >= 11 is 12.2. The number of methoxy groups -OCH3 is 3. The van der Waals surface area contributed by atoms with E-state index in [1.165, 1.54) is 5.56 Å². The first-order chi connectivity index (χ1) is 12.5. The molecule has 1 unspecified atom stereocenters. The first kappa shape index (κ1) is 19.2. The van der Waals surface area contributed by atoms with Crippen molar-refractivity contribution in [2.24, 2.45) is 0 Å². The van der Waals surface area contributed by atoms with Gasteiger partial charge in [-0.2, -0.15) is 0 Å². The highest BCUT2D eigenvalue weighted by Crippen LogP contribution is 2.39. The van der Waals surface area contributed by atoms with E-state index in [9.17, 15) is 0 Å². The van der Waals surface area contributed by atoms with Crippen LogP contribution in [0.15, 0.2) is 30.3 Å². The Kier molecular flexibility index (Phi) is 6.17. The molecule has 2 aromatic carbocycles. The summed E-state index contributed by atoms with van der Waals surface area (Å²) in [6.45, 7) is 2.84. The van der Waals surface area contributed by atoms with E-state index in [2.05, 4.69) is 11.0 Å². The molecule has 0 saturated carbocycles. The predicted octanol–water partition coefficient (Wildman–Crippen LogP) is 5.01. The molecule has 1 atom stereocenters. The third kappa shape index (κ3) is 4.03. The van der Waals surface area contributed by atoms with Crippen LogP contribution in [-0.2, 0) is 6.54 Å². The molecule has 6 heteroatoms. The average molecular weight is 396 g/mol. The van der Waals surface area contributed by atoms with Gasteiger partial charge in [-0.25, -0.2) is 0 Å². The lowest BCUT2D eigenvalue weighted by molar-refractivity contribution is 0.312. The predicted molar refractivity (Wildman–Crippen MR) is 105 cm³/mol. The quantitative estimate of drug-likeness (QED) is 0.687. The molecule has 0 amide bonds. The van der Waals surface area contributed by atoms with Gasteiger partial charge in [-0.05, 0) is 54.3 Å². The minimum Gasteiger partial charge on any atom is -0.493 e. The van der Waals surface area contributed by atoms with Gasteiger partial charge >= 0.3 is 0 Å². The molecule has 1 aliphatic heterocycles. The van der Waals surface area contributed by atoms with Crippen molar-refractivity contribution in [1.29, 1.82) is 0 Å².